The summed E-state index contributed by atoms with van der Waals surface area (Å²) in [5.41, 5.74) is -0.300. The van der Waals surface area contributed by atoms with Crippen LogP contribution in [0.2, 0.25) is 0 Å². The Kier molecular flexibility index (Phi) is 3.43. The summed E-state index contributed by atoms with van der Waals surface area (Å²) in [5.74, 6) is -2.06. The van der Waals surface area contributed by atoms with Crippen molar-refractivity contribution in [1.82, 2.24) is 0 Å². The number of thiophene rings is 1. The lowest BCUT2D eigenvalue weighted by atomic mass is 10.0. The maximum atomic E-state index is 13.8. The van der Waals surface area contributed by atoms with Crippen LogP contribution >= 0.6 is 11.3 Å². The van der Waals surface area contributed by atoms with Crippen molar-refractivity contribution < 1.29 is 18.3 Å². The van der Waals surface area contributed by atoms with E-state index in [2.05, 4.69) is 0 Å². The molecule has 18 heavy (non-hydrogen) atoms. The van der Waals surface area contributed by atoms with Gasteiger partial charge in [0.15, 0.2) is 0 Å². The molecule has 0 unspecified atom stereocenters. The Morgan fingerprint density at radius 1 is 1.28 bits per heavy atom. The molecule has 0 aliphatic heterocycles. The Hall–Kier alpha value is -1.75. The van der Waals surface area contributed by atoms with Gasteiger partial charge in [0.2, 0.25) is 5.78 Å². The van der Waals surface area contributed by atoms with Gasteiger partial charge >= 0.3 is 0 Å². The highest BCUT2D eigenvalue weighted by molar-refractivity contribution is 7.12. The minimum Gasteiger partial charge on any atom is -0.495 e. The first-order valence-corrected chi connectivity index (χ1v) is 6.05. The quantitative estimate of drug-likeness (QED) is 0.795. The van der Waals surface area contributed by atoms with Gasteiger partial charge in [-0.3, -0.25) is 4.79 Å². The molecule has 94 valence electrons. The maximum absolute atomic E-state index is 13.8. The Morgan fingerprint density at radius 3 is 2.67 bits per heavy atom. The number of aryl methyl sites for hydroxylation is 1. The van der Waals surface area contributed by atoms with Gasteiger partial charge in [0, 0.05) is 0 Å². The summed E-state index contributed by atoms with van der Waals surface area (Å²) in [5, 5.41) is 1.64. The molecule has 1 heterocycles. The topological polar surface area (TPSA) is 26.3 Å². The molecule has 0 bridgehead atoms. The largest absolute Gasteiger partial charge is 0.495 e. The van der Waals surface area contributed by atoms with E-state index in [-0.39, 0.29) is 10.4 Å². The molecule has 2 aromatic rings. The second kappa shape index (κ2) is 4.86. The number of benzene rings is 1. The number of ether oxygens (including phenoxy) is 1. The first kappa shape index (κ1) is 12.7. The molecule has 2 rings (SSSR count). The molecule has 0 radical (unpaired) electrons. The molecule has 0 amide bonds. The molecule has 0 spiro atoms. The van der Waals surface area contributed by atoms with E-state index in [1.165, 1.54) is 20.1 Å². The van der Waals surface area contributed by atoms with Crippen molar-refractivity contribution >= 4 is 17.1 Å². The van der Waals surface area contributed by atoms with Crippen LogP contribution in [0, 0.1) is 18.6 Å². The Morgan fingerprint density at radius 2 is 2.00 bits per heavy atom. The van der Waals surface area contributed by atoms with Crippen LogP contribution in [0.3, 0.4) is 0 Å². The van der Waals surface area contributed by atoms with Gasteiger partial charge < -0.3 is 4.74 Å². The number of rotatable bonds is 3. The third-order valence-corrected chi connectivity index (χ3v) is 3.46. The number of carbonyl (C=O) groups excluding carboxylic acids is 1. The summed E-state index contributed by atoms with van der Waals surface area (Å²) in [6.45, 7) is 1.48. The lowest BCUT2D eigenvalue weighted by molar-refractivity contribution is 0.103. The van der Waals surface area contributed by atoms with Gasteiger partial charge in [-0.2, -0.15) is 0 Å². The number of carbonyl (C=O) groups is 1. The van der Waals surface area contributed by atoms with Gasteiger partial charge in [-0.1, -0.05) is 6.07 Å². The Balaban J connectivity index is 2.56. The molecular formula is C13H10F2O2S. The smallest absolute Gasteiger partial charge is 0.212 e. The number of hydrogen-bond donors (Lipinski definition) is 0. The highest BCUT2D eigenvalue weighted by Gasteiger charge is 2.24. The van der Waals surface area contributed by atoms with Crippen LogP contribution in [-0.4, -0.2) is 12.9 Å². The molecule has 1 aromatic carbocycles. The predicted molar refractivity (Wildman–Crippen MR) is 65.4 cm³/mol. The number of halogens is 2. The van der Waals surface area contributed by atoms with Crippen molar-refractivity contribution in [2.75, 3.05) is 7.11 Å². The van der Waals surface area contributed by atoms with E-state index < -0.39 is 23.0 Å². The van der Waals surface area contributed by atoms with E-state index in [1.54, 1.807) is 11.4 Å². The van der Waals surface area contributed by atoms with Gasteiger partial charge in [0.1, 0.15) is 22.3 Å². The summed E-state index contributed by atoms with van der Waals surface area (Å²) < 4.78 is 32.4. The third kappa shape index (κ3) is 2.01. The van der Waals surface area contributed by atoms with E-state index in [0.29, 0.717) is 5.75 Å². The summed E-state index contributed by atoms with van der Waals surface area (Å²) in [6, 6.07) is 3.97. The van der Waals surface area contributed by atoms with Crippen LogP contribution in [0.1, 0.15) is 20.8 Å². The van der Waals surface area contributed by atoms with Crippen LogP contribution in [0.5, 0.6) is 5.75 Å². The molecule has 0 aliphatic rings. The van der Waals surface area contributed by atoms with E-state index in [0.717, 1.165) is 17.4 Å². The lowest BCUT2D eigenvalue weighted by Gasteiger charge is -2.06. The van der Waals surface area contributed by atoms with Gasteiger partial charge in [-0.05, 0) is 30.0 Å². The highest BCUT2D eigenvalue weighted by atomic mass is 32.1. The minimum atomic E-state index is -0.862. The second-order valence-corrected chi connectivity index (χ2v) is 4.62. The van der Waals surface area contributed by atoms with E-state index >= 15 is 0 Å². The Labute approximate surface area is 107 Å². The molecule has 2 nitrogen and oxygen atoms in total. The highest BCUT2D eigenvalue weighted by Crippen LogP contribution is 2.29. The molecule has 5 heteroatoms. The van der Waals surface area contributed by atoms with E-state index in [1.807, 2.05) is 0 Å². The molecule has 0 N–H and O–H groups in total. The van der Waals surface area contributed by atoms with Crippen molar-refractivity contribution in [3.05, 3.63) is 51.2 Å². The fourth-order valence-electron chi connectivity index (χ4n) is 1.60. The fourth-order valence-corrected chi connectivity index (χ4v) is 2.41. The summed E-state index contributed by atoms with van der Waals surface area (Å²) in [4.78, 5) is 12.3. The van der Waals surface area contributed by atoms with Crippen molar-refractivity contribution in [2.45, 2.75) is 6.92 Å². The standard InChI is InChI=1S/C13H10F2O2S/c1-7-3-4-8(14)10(11(7)15)12(16)13-9(17-2)5-6-18-13/h3-6H,1-2H3. The van der Waals surface area contributed by atoms with Crippen LogP contribution < -0.4 is 4.74 Å². The summed E-state index contributed by atoms with van der Waals surface area (Å²) >= 11 is 1.09. The molecule has 0 atom stereocenters. The van der Waals surface area contributed by atoms with Gasteiger partial charge in [-0.25, -0.2) is 8.78 Å². The zero-order valence-corrected chi connectivity index (χ0v) is 10.6. The molecular weight excluding hydrogens is 258 g/mol. The van der Waals surface area contributed by atoms with Crippen molar-refractivity contribution in [3.8, 4) is 5.75 Å². The zero-order chi connectivity index (χ0) is 13.3. The molecule has 0 aliphatic carbocycles. The molecule has 0 saturated heterocycles. The van der Waals surface area contributed by atoms with Crippen molar-refractivity contribution in [1.29, 1.82) is 0 Å². The van der Waals surface area contributed by atoms with E-state index in [9.17, 15) is 13.6 Å². The summed E-state index contributed by atoms with van der Waals surface area (Å²) in [6.07, 6.45) is 0. The monoisotopic (exact) mass is 268 g/mol. The minimum absolute atomic E-state index is 0.195. The Bertz CT molecular complexity index is 605. The first-order chi connectivity index (χ1) is 8.56. The third-order valence-electron chi connectivity index (χ3n) is 2.57. The number of methoxy groups -OCH3 is 1. The van der Waals surface area contributed by atoms with Crippen LogP contribution in [0.15, 0.2) is 23.6 Å². The van der Waals surface area contributed by atoms with Crippen LogP contribution in [0.4, 0.5) is 8.78 Å². The van der Waals surface area contributed by atoms with E-state index in [4.69, 9.17) is 4.74 Å². The average molecular weight is 268 g/mol. The normalized spacial score (nSPS) is 10.4. The summed E-state index contributed by atoms with van der Waals surface area (Å²) in [7, 11) is 1.40. The number of ketones is 1. The predicted octanol–water partition coefficient (Wildman–Crippen LogP) is 3.57. The van der Waals surface area contributed by atoms with Gasteiger partial charge in [0.25, 0.3) is 0 Å². The molecule has 0 fully saturated rings. The first-order valence-electron chi connectivity index (χ1n) is 5.17. The van der Waals surface area contributed by atoms with Crippen molar-refractivity contribution in [2.24, 2.45) is 0 Å². The van der Waals surface area contributed by atoms with Gasteiger partial charge in [0.05, 0.1) is 12.7 Å². The van der Waals surface area contributed by atoms with Crippen LogP contribution in [-0.2, 0) is 0 Å². The molecule has 1 aromatic heterocycles. The average Bonchev–Trinajstić information content (AvgIpc) is 2.82. The lowest BCUT2D eigenvalue weighted by Crippen LogP contribution is -2.08. The second-order valence-electron chi connectivity index (χ2n) is 3.70. The van der Waals surface area contributed by atoms with Crippen LogP contribution in [0.25, 0.3) is 0 Å². The number of hydrogen-bond acceptors (Lipinski definition) is 3. The molecule has 0 saturated carbocycles. The SMILES string of the molecule is COc1ccsc1C(=O)c1c(F)ccc(C)c1F. The fraction of sp³-hybridized carbons (Fsp3) is 0.154. The maximum Gasteiger partial charge on any atom is 0.212 e. The zero-order valence-electron chi connectivity index (χ0n) is 9.79. The van der Waals surface area contributed by atoms with Gasteiger partial charge in [-0.15, -0.1) is 11.3 Å². The van der Waals surface area contributed by atoms with Crippen molar-refractivity contribution in [3.63, 3.8) is 0 Å².